The van der Waals surface area contributed by atoms with Gasteiger partial charge in [0.15, 0.2) is 5.82 Å². The van der Waals surface area contributed by atoms with Crippen LogP contribution in [0.2, 0.25) is 0 Å². The molecule has 23 heavy (non-hydrogen) atoms. The molecule has 1 aliphatic carbocycles. The lowest BCUT2D eigenvalue weighted by molar-refractivity contribution is 0.100. The zero-order chi connectivity index (χ0) is 15.8. The average molecular weight is 305 g/mol. The summed E-state index contributed by atoms with van der Waals surface area (Å²) < 4.78 is 2.02. The van der Waals surface area contributed by atoms with Crippen molar-refractivity contribution in [2.24, 2.45) is 5.73 Å². The topological polar surface area (TPSA) is 86.7 Å². The molecule has 2 aromatic heterocycles. The molecule has 6 nitrogen and oxygen atoms in total. The molecule has 4 rings (SSSR count). The molecule has 1 aliphatic rings. The first kappa shape index (κ1) is 13.6. The van der Waals surface area contributed by atoms with E-state index < -0.39 is 5.91 Å². The number of carbonyl (C=O) groups is 1. The molecule has 1 saturated carbocycles. The summed E-state index contributed by atoms with van der Waals surface area (Å²) in [5, 5.41) is 8.29. The lowest BCUT2D eigenvalue weighted by Gasteiger charge is -2.13. The highest BCUT2D eigenvalue weighted by Crippen LogP contribution is 2.40. The smallest absolute Gasteiger partial charge is 0.249 e. The standard InChI is InChI=1S/C17H15N5O/c18-16(23)13-5-3-4-12(14-6-1-2-9-19-14)15(13)17-21-20-10-22(17)11-7-8-11/h1-6,9-11H,7-8H2,(H2,18,23). The predicted octanol–water partition coefficient (Wildman–Crippen LogP) is 2.44. The van der Waals surface area contributed by atoms with Crippen molar-refractivity contribution in [3.8, 4) is 22.6 Å². The molecule has 0 spiro atoms. The summed E-state index contributed by atoms with van der Waals surface area (Å²) in [6, 6.07) is 11.5. The third-order valence-electron chi connectivity index (χ3n) is 4.01. The molecule has 6 heteroatoms. The van der Waals surface area contributed by atoms with Crippen molar-refractivity contribution in [2.75, 3.05) is 0 Å². The number of hydrogen-bond donors (Lipinski definition) is 1. The average Bonchev–Trinajstić information content (AvgIpc) is 3.32. The van der Waals surface area contributed by atoms with E-state index in [9.17, 15) is 4.79 Å². The summed E-state index contributed by atoms with van der Waals surface area (Å²) in [4.78, 5) is 16.3. The molecule has 2 N–H and O–H groups in total. The Morgan fingerprint density at radius 3 is 2.74 bits per heavy atom. The van der Waals surface area contributed by atoms with E-state index in [4.69, 9.17) is 5.73 Å². The monoisotopic (exact) mass is 305 g/mol. The van der Waals surface area contributed by atoms with Crippen LogP contribution in [0.1, 0.15) is 29.2 Å². The van der Waals surface area contributed by atoms with E-state index in [1.807, 2.05) is 34.9 Å². The molecule has 1 aromatic carbocycles. The Morgan fingerprint density at radius 2 is 2.04 bits per heavy atom. The Labute approximate surface area is 133 Å². The summed E-state index contributed by atoms with van der Waals surface area (Å²) in [6.45, 7) is 0. The maximum absolute atomic E-state index is 11.9. The molecule has 0 aliphatic heterocycles. The zero-order valence-electron chi connectivity index (χ0n) is 12.4. The van der Waals surface area contributed by atoms with Crippen LogP contribution >= 0.6 is 0 Å². The van der Waals surface area contributed by atoms with E-state index >= 15 is 0 Å². The van der Waals surface area contributed by atoms with Crippen molar-refractivity contribution in [1.29, 1.82) is 0 Å². The van der Waals surface area contributed by atoms with E-state index in [0.717, 1.165) is 24.1 Å². The number of amides is 1. The van der Waals surface area contributed by atoms with Crippen LogP contribution < -0.4 is 5.73 Å². The Bertz CT molecular complexity index is 868. The minimum Gasteiger partial charge on any atom is -0.366 e. The van der Waals surface area contributed by atoms with Gasteiger partial charge in [0.25, 0.3) is 0 Å². The normalized spacial score (nSPS) is 13.9. The highest BCUT2D eigenvalue weighted by molar-refractivity contribution is 6.02. The molecule has 3 aromatic rings. The van der Waals surface area contributed by atoms with Gasteiger partial charge in [-0.25, -0.2) is 0 Å². The Balaban J connectivity index is 1.99. The van der Waals surface area contributed by atoms with E-state index in [1.54, 1.807) is 18.6 Å². The number of hydrogen-bond acceptors (Lipinski definition) is 4. The van der Waals surface area contributed by atoms with Crippen molar-refractivity contribution in [1.82, 2.24) is 19.7 Å². The number of rotatable bonds is 4. The van der Waals surface area contributed by atoms with Crippen LogP contribution in [0.4, 0.5) is 0 Å². The molecule has 0 atom stereocenters. The zero-order valence-corrected chi connectivity index (χ0v) is 12.4. The third kappa shape index (κ3) is 2.38. The number of nitrogens with zero attached hydrogens (tertiary/aromatic N) is 4. The number of benzene rings is 1. The van der Waals surface area contributed by atoms with Gasteiger partial charge in [0.2, 0.25) is 5.91 Å². The molecule has 2 heterocycles. The van der Waals surface area contributed by atoms with Gasteiger partial charge in [-0.3, -0.25) is 9.78 Å². The van der Waals surface area contributed by atoms with Crippen LogP contribution in [-0.2, 0) is 0 Å². The van der Waals surface area contributed by atoms with Gasteiger partial charge in [-0.2, -0.15) is 0 Å². The van der Waals surface area contributed by atoms with Gasteiger partial charge in [-0.15, -0.1) is 10.2 Å². The SMILES string of the molecule is NC(=O)c1cccc(-c2ccccn2)c1-c1nncn1C1CC1. The van der Waals surface area contributed by atoms with Gasteiger partial charge >= 0.3 is 0 Å². The predicted molar refractivity (Wildman–Crippen MR) is 85.5 cm³/mol. The molecular weight excluding hydrogens is 290 g/mol. The highest BCUT2D eigenvalue weighted by Gasteiger charge is 2.29. The van der Waals surface area contributed by atoms with Crippen LogP contribution in [-0.4, -0.2) is 25.7 Å². The number of nitrogens with two attached hydrogens (primary N) is 1. The van der Waals surface area contributed by atoms with E-state index in [2.05, 4.69) is 15.2 Å². The second-order valence-electron chi connectivity index (χ2n) is 5.60. The largest absolute Gasteiger partial charge is 0.366 e. The summed E-state index contributed by atoms with van der Waals surface area (Å²) in [7, 11) is 0. The lowest BCUT2D eigenvalue weighted by atomic mass is 9.97. The van der Waals surface area contributed by atoms with Crippen molar-refractivity contribution in [3.05, 3.63) is 54.5 Å². The first-order valence-corrected chi connectivity index (χ1v) is 7.50. The maximum Gasteiger partial charge on any atom is 0.249 e. The van der Waals surface area contributed by atoms with Crippen LogP contribution in [0.5, 0.6) is 0 Å². The molecule has 1 amide bonds. The van der Waals surface area contributed by atoms with Crippen molar-refractivity contribution in [2.45, 2.75) is 18.9 Å². The summed E-state index contributed by atoms with van der Waals surface area (Å²) in [5.74, 6) is 0.186. The molecule has 0 radical (unpaired) electrons. The number of aromatic nitrogens is 4. The molecule has 0 saturated heterocycles. The van der Waals surface area contributed by atoms with Gasteiger partial charge in [0.1, 0.15) is 6.33 Å². The first-order chi connectivity index (χ1) is 11.3. The summed E-state index contributed by atoms with van der Waals surface area (Å²) >= 11 is 0. The Kier molecular flexibility index (Phi) is 3.15. The fourth-order valence-corrected chi connectivity index (χ4v) is 2.78. The highest BCUT2D eigenvalue weighted by atomic mass is 16.1. The number of pyridine rings is 1. The van der Waals surface area contributed by atoms with E-state index in [-0.39, 0.29) is 0 Å². The van der Waals surface area contributed by atoms with Crippen LogP contribution in [0.3, 0.4) is 0 Å². The number of primary amides is 1. The van der Waals surface area contributed by atoms with E-state index in [0.29, 0.717) is 23.0 Å². The second-order valence-corrected chi connectivity index (χ2v) is 5.60. The van der Waals surface area contributed by atoms with Gasteiger partial charge in [-0.05, 0) is 31.0 Å². The summed E-state index contributed by atoms with van der Waals surface area (Å²) in [5.41, 5.74) is 8.33. The molecule has 0 unspecified atom stereocenters. The van der Waals surface area contributed by atoms with Gasteiger partial charge in [0.05, 0.1) is 11.3 Å². The minimum atomic E-state index is -0.483. The second kappa shape index (κ2) is 5.31. The summed E-state index contributed by atoms with van der Waals surface area (Å²) in [6.07, 6.45) is 5.64. The van der Waals surface area contributed by atoms with Crippen LogP contribution in [0.15, 0.2) is 48.9 Å². The maximum atomic E-state index is 11.9. The quantitative estimate of drug-likeness (QED) is 0.802. The molecule has 0 bridgehead atoms. The van der Waals surface area contributed by atoms with Crippen molar-refractivity contribution < 1.29 is 4.79 Å². The lowest BCUT2D eigenvalue weighted by Crippen LogP contribution is -2.14. The Morgan fingerprint density at radius 1 is 1.17 bits per heavy atom. The van der Waals surface area contributed by atoms with Gasteiger partial charge in [0, 0.05) is 23.4 Å². The molecule has 114 valence electrons. The van der Waals surface area contributed by atoms with Crippen LogP contribution in [0.25, 0.3) is 22.6 Å². The fourth-order valence-electron chi connectivity index (χ4n) is 2.78. The third-order valence-corrected chi connectivity index (χ3v) is 4.01. The van der Waals surface area contributed by atoms with Gasteiger partial charge in [-0.1, -0.05) is 18.2 Å². The fraction of sp³-hybridized carbons (Fsp3) is 0.176. The van der Waals surface area contributed by atoms with Crippen LogP contribution in [0, 0.1) is 0 Å². The number of carbonyl (C=O) groups excluding carboxylic acids is 1. The van der Waals surface area contributed by atoms with Gasteiger partial charge < -0.3 is 10.3 Å². The molecule has 1 fully saturated rings. The van der Waals surface area contributed by atoms with Crippen molar-refractivity contribution in [3.63, 3.8) is 0 Å². The first-order valence-electron chi connectivity index (χ1n) is 7.50. The molecular formula is C17H15N5O. The minimum absolute atomic E-state index is 0.400. The van der Waals surface area contributed by atoms with Crippen molar-refractivity contribution >= 4 is 5.91 Å². The van der Waals surface area contributed by atoms with E-state index in [1.165, 1.54) is 0 Å². The Hall–Kier alpha value is -3.02.